The molecule has 0 atom stereocenters. The number of amides is 1. The summed E-state index contributed by atoms with van der Waals surface area (Å²) >= 11 is 7.73. The predicted octanol–water partition coefficient (Wildman–Crippen LogP) is 7.66. The lowest BCUT2D eigenvalue weighted by Gasteiger charge is -2.29. The van der Waals surface area contributed by atoms with Gasteiger partial charge < -0.3 is 0 Å². The quantitative estimate of drug-likeness (QED) is 0.159. The van der Waals surface area contributed by atoms with E-state index in [1.165, 1.54) is 0 Å². The summed E-state index contributed by atoms with van der Waals surface area (Å²) in [7, 11) is -2.50. The van der Waals surface area contributed by atoms with Crippen molar-refractivity contribution in [3.05, 3.63) is 167 Å². The number of carbonyl (C=O) groups is 1. The maximum Gasteiger partial charge on any atom is 0.258 e. The van der Waals surface area contributed by atoms with Gasteiger partial charge in [-0.15, -0.1) is 0 Å². The first-order valence-electron chi connectivity index (χ1n) is 12.2. The smallest absolute Gasteiger partial charge is 0.258 e. The number of thioether (sulfide) groups is 1. The lowest BCUT2D eigenvalue weighted by atomic mass is 10.2. The summed E-state index contributed by atoms with van der Waals surface area (Å²) in [5.41, 5.74) is 1.48. The van der Waals surface area contributed by atoms with E-state index in [4.69, 9.17) is 11.6 Å². The van der Waals surface area contributed by atoms with Crippen molar-refractivity contribution in [2.75, 3.05) is 0 Å². The minimum Gasteiger partial charge on any atom is -0.291 e. The highest BCUT2D eigenvalue weighted by Crippen LogP contribution is 2.62. The van der Waals surface area contributed by atoms with Crippen LogP contribution in [0.15, 0.2) is 161 Å². The Morgan fingerprint density at radius 3 is 1.47 bits per heavy atom. The second-order valence-electron chi connectivity index (χ2n) is 8.57. The predicted molar refractivity (Wildman–Crippen MR) is 164 cm³/mol. The second kappa shape index (κ2) is 12.3. The summed E-state index contributed by atoms with van der Waals surface area (Å²) in [6.45, 7) is 0. The van der Waals surface area contributed by atoms with Gasteiger partial charge in [0, 0.05) is 20.9 Å². The van der Waals surface area contributed by atoms with Gasteiger partial charge in [0.05, 0.1) is 0 Å². The molecule has 38 heavy (non-hydrogen) atoms. The molecular formula is C33H26ClNOPS+. The molecule has 0 aliphatic rings. The first-order chi connectivity index (χ1) is 18.7. The van der Waals surface area contributed by atoms with Crippen molar-refractivity contribution < 1.29 is 4.79 Å². The number of halogens is 1. The molecular weight excluding hydrogens is 525 g/mol. The molecule has 5 aromatic rings. The molecule has 0 aliphatic carbocycles. The third-order valence-electron chi connectivity index (χ3n) is 6.19. The van der Waals surface area contributed by atoms with Gasteiger partial charge in [0.25, 0.3) is 5.91 Å². The Labute approximate surface area is 233 Å². The van der Waals surface area contributed by atoms with Gasteiger partial charge in [-0.1, -0.05) is 96.2 Å². The average Bonchev–Trinajstić information content (AvgIpc) is 2.99. The van der Waals surface area contributed by atoms with Crippen LogP contribution >= 0.6 is 30.6 Å². The largest absolute Gasteiger partial charge is 0.291 e. The lowest BCUT2D eigenvalue weighted by Crippen LogP contribution is -2.38. The molecule has 1 N–H and O–H groups in total. The van der Waals surface area contributed by atoms with Gasteiger partial charge in [-0.3, -0.25) is 10.1 Å². The topological polar surface area (TPSA) is 29.1 Å². The SMILES string of the molecule is O=C(N/C(=C\Sc1ccc(Cl)cc1)[P+](c1ccccc1)(c1ccccc1)c1ccccc1)c1ccccc1. The van der Waals surface area contributed by atoms with E-state index in [1.54, 1.807) is 11.8 Å². The van der Waals surface area contributed by atoms with E-state index < -0.39 is 7.26 Å². The first kappa shape index (κ1) is 26.0. The molecule has 0 spiro atoms. The molecule has 1 amide bonds. The van der Waals surface area contributed by atoms with E-state index in [2.05, 4.69) is 83.5 Å². The summed E-state index contributed by atoms with van der Waals surface area (Å²) in [5, 5.41) is 9.65. The third kappa shape index (κ3) is 5.61. The summed E-state index contributed by atoms with van der Waals surface area (Å²) in [6.07, 6.45) is 0. The lowest BCUT2D eigenvalue weighted by molar-refractivity contribution is 0.0968. The van der Waals surface area contributed by atoms with E-state index in [0.717, 1.165) is 26.2 Å². The minimum absolute atomic E-state index is 0.138. The fourth-order valence-electron chi connectivity index (χ4n) is 4.43. The van der Waals surface area contributed by atoms with Crippen LogP contribution in [-0.2, 0) is 0 Å². The van der Waals surface area contributed by atoms with Gasteiger partial charge in [-0.2, -0.15) is 0 Å². The molecule has 0 aliphatic heterocycles. The molecule has 5 aromatic carbocycles. The first-order valence-corrected chi connectivity index (χ1v) is 15.3. The molecule has 0 fully saturated rings. The van der Waals surface area contributed by atoms with Gasteiger partial charge in [-0.05, 0) is 72.8 Å². The van der Waals surface area contributed by atoms with Gasteiger partial charge in [-0.25, -0.2) is 0 Å². The number of carbonyl (C=O) groups excluding carboxylic acids is 1. The number of hydrogen-bond acceptors (Lipinski definition) is 2. The summed E-state index contributed by atoms with van der Waals surface area (Å²) < 4.78 is 0. The Hall–Kier alpha value is -3.62. The molecule has 0 saturated heterocycles. The number of hydrogen-bond donors (Lipinski definition) is 1. The van der Waals surface area contributed by atoms with E-state index in [-0.39, 0.29) is 5.91 Å². The Morgan fingerprint density at radius 2 is 1.03 bits per heavy atom. The summed E-state index contributed by atoms with van der Waals surface area (Å²) in [6, 6.07) is 48.6. The summed E-state index contributed by atoms with van der Waals surface area (Å²) in [4.78, 5) is 14.7. The zero-order valence-electron chi connectivity index (χ0n) is 20.6. The van der Waals surface area contributed by atoms with E-state index in [9.17, 15) is 4.79 Å². The van der Waals surface area contributed by atoms with Crippen molar-refractivity contribution in [1.82, 2.24) is 5.32 Å². The van der Waals surface area contributed by atoms with Crippen molar-refractivity contribution in [1.29, 1.82) is 0 Å². The van der Waals surface area contributed by atoms with Crippen LogP contribution in [0.4, 0.5) is 0 Å². The fourth-order valence-corrected chi connectivity index (χ4v) is 9.80. The molecule has 0 aromatic heterocycles. The number of rotatable bonds is 8. The molecule has 186 valence electrons. The standard InChI is InChI=1S/C33H25ClNOPS/c34-27-21-23-31(24-22-27)38-25-32(35-33(36)26-13-5-1-6-14-26)37(28-15-7-2-8-16-28,29-17-9-3-10-18-29)30-19-11-4-12-20-30/h1-25H/p+1/b32-25+. The molecule has 0 heterocycles. The molecule has 0 radical (unpaired) electrons. The highest BCUT2D eigenvalue weighted by Gasteiger charge is 2.50. The highest BCUT2D eigenvalue weighted by atomic mass is 35.5. The molecule has 5 heteroatoms. The van der Waals surface area contributed by atoms with Gasteiger partial charge >= 0.3 is 0 Å². The number of nitrogens with one attached hydrogen (secondary N) is 1. The Balaban J connectivity index is 1.76. The van der Waals surface area contributed by atoms with Gasteiger partial charge in [0.15, 0.2) is 12.7 Å². The van der Waals surface area contributed by atoms with Crippen molar-refractivity contribution in [2.45, 2.75) is 4.90 Å². The molecule has 0 unspecified atom stereocenters. The van der Waals surface area contributed by atoms with Crippen LogP contribution in [0.5, 0.6) is 0 Å². The highest BCUT2D eigenvalue weighted by molar-refractivity contribution is 8.04. The van der Waals surface area contributed by atoms with Gasteiger partial charge in [0.2, 0.25) is 0 Å². The average molecular weight is 551 g/mol. The second-order valence-corrected chi connectivity index (χ2v) is 13.3. The minimum atomic E-state index is -2.50. The van der Waals surface area contributed by atoms with Crippen LogP contribution in [0.2, 0.25) is 5.02 Å². The Kier molecular flexibility index (Phi) is 8.41. The van der Waals surface area contributed by atoms with Gasteiger partial charge in [0.1, 0.15) is 15.9 Å². The van der Waals surface area contributed by atoms with E-state index in [1.807, 2.05) is 72.8 Å². The third-order valence-corrected chi connectivity index (χ3v) is 11.7. The van der Waals surface area contributed by atoms with Crippen LogP contribution in [0, 0.1) is 0 Å². The Bertz CT molecular complexity index is 1410. The normalized spacial score (nSPS) is 11.7. The zero-order valence-corrected chi connectivity index (χ0v) is 23.0. The van der Waals surface area contributed by atoms with Crippen LogP contribution in [0.1, 0.15) is 10.4 Å². The monoisotopic (exact) mass is 550 g/mol. The Morgan fingerprint density at radius 1 is 0.605 bits per heavy atom. The van der Waals surface area contributed by atoms with Crippen LogP contribution in [0.3, 0.4) is 0 Å². The molecule has 0 bridgehead atoms. The van der Waals surface area contributed by atoms with E-state index in [0.29, 0.717) is 10.6 Å². The van der Waals surface area contributed by atoms with Crippen LogP contribution < -0.4 is 21.2 Å². The maximum atomic E-state index is 13.7. The van der Waals surface area contributed by atoms with Crippen molar-refractivity contribution in [3.8, 4) is 0 Å². The molecule has 2 nitrogen and oxygen atoms in total. The van der Waals surface area contributed by atoms with Crippen molar-refractivity contribution >= 4 is 52.4 Å². The summed E-state index contributed by atoms with van der Waals surface area (Å²) in [5.74, 6) is -0.138. The van der Waals surface area contributed by atoms with Crippen LogP contribution in [-0.4, -0.2) is 5.91 Å². The van der Waals surface area contributed by atoms with Crippen molar-refractivity contribution in [3.63, 3.8) is 0 Å². The van der Waals surface area contributed by atoms with E-state index >= 15 is 0 Å². The van der Waals surface area contributed by atoms with Crippen LogP contribution in [0.25, 0.3) is 0 Å². The number of benzene rings is 5. The fraction of sp³-hybridized carbons (Fsp3) is 0. The van der Waals surface area contributed by atoms with Crippen molar-refractivity contribution in [2.24, 2.45) is 0 Å². The molecule has 5 rings (SSSR count). The zero-order chi connectivity index (χ0) is 26.2. The maximum absolute atomic E-state index is 13.7. The molecule has 0 saturated carbocycles.